The van der Waals surface area contributed by atoms with Crippen LogP contribution in [0.25, 0.3) is 0 Å². The maximum absolute atomic E-state index is 4.00. The van der Waals surface area contributed by atoms with Gasteiger partial charge in [-0.3, -0.25) is 0 Å². The van der Waals surface area contributed by atoms with E-state index in [2.05, 4.69) is 12.8 Å². The SMILES string of the molecule is C.C.C#C.[CH3-].[CH3-].[Y].[Y].[Y].[Y].[Y].[Y].[Y].[Y]. The molecule has 0 aliphatic carbocycles. The van der Waals surface area contributed by atoms with Crippen molar-refractivity contribution >= 4 is 0 Å². The molecule has 0 aromatic carbocycles. The van der Waals surface area contributed by atoms with Gasteiger partial charge < -0.3 is 14.9 Å². The van der Waals surface area contributed by atoms with E-state index in [0.29, 0.717) is 0 Å². The summed E-state index contributed by atoms with van der Waals surface area (Å²) in [6.07, 6.45) is 8.00. The van der Waals surface area contributed by atoms with E-state index in [4.69, 9.17) is 0 Å². The maximum atomic E-state index is 4.00. The molecule has 0 aliphatic rings. The van der Waals surface area contributed by atoms with E-state index in [1.165, 1.54) is 0 Å². The molecule has 8 heteroatoms. The van der Waals surface area contributed by atoms with Crippen molar-refractivity contribution in [2.75, 3.05) is 0 Å². The van der Waals surface area contributed by atoms with Crippen molar-refractivity contribution in [1.82, 2.24) is 0 Å². The van der Waals surface area contributed by atoms with Gasteiger partial charge in [0, 0.05) is 262 Å². The summed E-state index contributed by atoms with van der Waals surface area (Å²) >= 11 is 0. The number of hydrogen-bond donors (Lipinski definition) is 0. The molecule has 0 rings (SSSR count). The van der Waals surface area contributed by atoms with Gasteiger partial charge in [0.2, 0.25) is 0 Å². The van der Waals surface area contributed by atoms with Gasteiger partial charge in [0.15, 0.2) is 0 Å². The van der Waals surface area contributed by atoms with Crippen LogP contribution in [0.5, 0.6) is 0 Å². The molecule has 0 saturated heterocycles. The molecule has 66 valence electrons. The quantitative estimate of drug-likeness (QED) is 0.261. The molecule has 0 bridgehead atoms. The van der Waals surface area contributed by atoms with Gasteiger partial charge in [-0.05, 0) is 0 Å². The predicted octanol–water partition coefficient (Wildman–Crippen LogP) is 2.40. The van der Waals surface area contributed by atoms with E-state index >= 15 is 0 Å². The third-order valence-electron chi connectivity index (χ3n) is 0. The molecule has 0 heterocycles. The Bertz CT molecular complexity index is 18.5. The first-order valence-electron chi connectivity index (χ1n) is 0.333. The Morgan fingerprint density at radius 1 is 0.357 bits per heavy atom. The van der Waals surface area contributed by atoms with Crippen LogP contribution in [0.1, 0.15) is 14.9 Å². The number of hydrogen-bond acceptors (Lipinski definition) is 0. The second kappa shape index (κ2) is 126. The Balaban J connectivity index is -0.0000000000758. The summed E-state index contributed by atoms with van der Waals surface area (Å²) in [4.78, 5) is 0. The molecule has 0 aliphatic heterocycles. The van der Waals surface area contributed by atoms with Crippen LogP contribution in [0, 0.1) is 27.7 Å². The zero-order valence-electron chi connectivity index (χ0n) is 7.77. The van der Waals surface area contributed by atoms with Crippen molar-refractivity contribution in [2.24, 2.45) is 0 Å². The van der Waals surface area contributed by atoms with Gasteiger partial charge in [-0.15, -0.1) is 12.8 Å². The zero-order valence-corrected chi connectivity index (χ0v) is 30.5. The van der Waals surface area contributed by atoms with Crippen molar-refractivity contribution in [3.8, 4) is 12.8 Å². The van der Waals surface area contributed by atoms with Crippen LogP contribution in [0.15, 0.2) is 0 Å². The normalized spacial score (nSPS) is 0.143. The van der Waals surface area contributed by atoms with E-state index in [1.54, 1.807) is 0 Å². The van der Waals surface area contributed by atoms with Crippen molar-refractivity contribution in [2.45, 2.75) is 14.9 Å². The first kappa shape index (κ1) is 116. The summed E-state index contributed by atoms with van der Waals surface area (Å²) < 4.78 is 0. The number of terminal acetylenes is 1. The largest absolute Gasteiger partial charge is 0.358 e. The fourth-order valence-corrected chi connectivity index (χ4v) is 0. The zero-order chi connectivity index (χ0) is 2.00. The molecule has 0 spiro atoms. The molecule has 0 nitrogen and oxygen atoms in total. The Hall–Kier alpha value is 8.39. The first-order chi connectivity index (χ1) is 1.00. The Kier molecular flexibility index (Phi) is 1050. The van der Waals surface area contributed by atoms with Crippen LogP contribution in [-0.4, -0.2) is 0 Å². The molecular weight excluding hydrogens is 783 g/mol. The third kappa shape index (κ3) is 109. The summed E-state index contributed by atoms with van der Waals surface area (Å²) in [7, 11) is 0. The van der Waals surface area contributed by atoms with Gasteiger partial charge >= 0.3 is 0 Å². The van der Waals surface area contributed by atoms with Crippen molar-refractivity contribution < 1.29 is 262 Å². The standard InChI is InChI=1S/C2H2.2CH4.2CH3.8Y/c1-2;;;;;;;;;;;;/h1-2H;2*1H4;2*1H3;;;;;;;;/q;;;2*-1;;;;;;;;. The average molecular weight is 799 g/mol. The summed E-state index contributed by atoms with van der Waals surface area (Å²) in [6, 6.07) is 0. The molecule has 14 heavy (non-hydrogen) atoms. The smallest absolute Gasteiger partial charge is 0 e. The van der Waals surface area contributed by atoms with Gasteiger partial charge in [-0.25, -0.2) is 0 Å². The molecule has 0 amide bonds. The van der Waals surface area contributed by atoms with E-state index in [1.807, 2.05) is 0 Å². The van der Waals surface area contributed by atoms with Crippen molar-refractivity contribution in [3.05, 3.63) is 14.9 Å². The topological polar surface area (TPSA) is 0 Å². The van der Waals surface area contributed by atoms with Crippen molar-refractivity contribution in [1.29, 1.82) is 0 Å². The molecule has 0 N–H and O–H groups in total. The summed E-state index contributed by atoms with van der Waals surface area (Å²) in [6.45, 7) is 0. The van der Waals surface area contributed by atoms with Gasteiger partial charge in [-0.2, -0.15) is 0 Å². The Morgan fingerprint density at radius 3 is 0.357 bits per heavy atom. The second-order valence-corrected chi connectivity index (χ2v) is 0. The minimum atomic E-state index is 0. The predicted molar refractivity (Wildman–Crippen MR) is 36.2 cm³/mol. The molecule has 0 fully saturated rings. The Labute approximate surface area is 295 Å². The minimum absolute atomic E-state index is 0. The van der Waals surface area contributed by atoms with Crippen LogP contribution in [0.4, 0.5) is 0 Å². The minimum Gasteiger partial charge on any atom is -0.358 e. The van der Waals surface area contributed by atoms with E-state index < -0.39 is 0 Å². The van der Waals surface area contributed by atoms with Gasteiger partial charge in [0.05, 0.1) is 0 Å². The van der Waals surface area contributed by atoms with Crippen LogP contribution < -0.4 is 0 Å². The van der Waals surface area contributed by atoms with E-state index in [9.17, 15) is 0 Å². The van der Waals surface area contributed by atoms with Crippen molar-refractivity contribution in [3.63, 3.8) is 0 Å². The third-order valence-corrected chi connectivity index (χ3v) is 0. The summed E-state index contributed by atoms with van der Waals surface area (Å²) in [5.74, 6) is 0. The fourth-order valence-electron chi connectivity index (χ4n) is 0. The molecule has 0 aromatic heterocycles. The van der Waals surface area contributed by atoms with Gasteiger partial charge in [0.1, 0.15) is 0 Å². The monoisotopic (exact) mass is 799 g/mol. The Morgan fingerprint density at radius 2 is 0.357 bits per heavy atom. The molecule has 0 atom stereocenters. The molecule has 0 saturated carbocycles. The van der Waals surface area contributed by atoms with Gasteiger partial charge in [0.25, 0.3) is 0 Å². The average Bonchev–Trinajstić information content (AvgIpc) is 1.00. The number of rotatable bonds is 0. The fraction of sp³-hybridized carbons (Fsp3) is 0.333. The summed E-state index contributed by atoms with van der Waals surface area (Å²) in [5.41, 5.74) is 0. The molecule has 0 aromatic rings. The molecule has 0 unspecified atom stereocenters. The molecule has 8 radical (unpaired) electrons. The van der Waals surface area contributed by atoms with Crippen LogP contribution in [0.3, 0.4) is 0 Å². The maximum Gasteiger partial charge on any atom is 0 e. The van der Waals surface area contributed by atoms with Gasteiger partial charge in [-0.1, -0.05) is 14.9 Å². The van der Waals surface area contributed by atoms with E-state index in [0.717, 1.165) is 0 Å². The van der Waals surface area contributed by atoms with Crippen LogP contribution in [0.2, 0.25) is 0 Å². The second-order valence-electron chi connectivity index (χ2n) is 0. The summed E-state index contributed by atoms with van der Waals surface area (Å²) in [5, 5.41) is 0. The van der Waals surface area contributed by atoms with Crippen LogP contribution in [-0.2, 0) is 262 Å². The van der Waals surface area contributed by atoms with E-state index in [-0.39, 0.29) is 291 Å². The first-order valence-corrected chi connectivity index (χ1v) is 0.333. The molecular formula is C6H16Y8-2. The van der Waals surface area contributed by atoms with Crippen LogP contribution >= 0.6 is 0 Å².